The molecule has 0 amide bonds. The largest absolute Gasteiger partial charge is 0.309 e. The van der Waals surface area contributed by atoms with Crippen molar-refractivity contribution in [2.45, 2.75) is 13.3 Å². The molecule has 0 N–H and O–H groups in total. The molecule has 4 heteroatoms. The molecule has 1 heterocycles. The number of hydrogen-bond donors (Lipinski definition) is 0. The lowest BCUT2D eigenvalue weighted by molar-refractivity contribution is 0.592. The number of nitrogens with zero attached hydrogens (tertiary/aromatic N) is 2. The summed E-state index contributed by atoms with van der Waals surface area (Å²) >= 11 is 0. The Morgan fingerprint density at radius 3 is 1.37 bits per heavy atom. The molecule has 0 saturated heterocycles. The number of fused-ring (bicyclic) bond motifs is 3. The highest BCUT2D eigenvalue weighted by molar-refractivity contribution is 7.85. The van der Waals surface area contributed by atoms with Gasteiger partial charge in [0, 0.05) is 28.0 Å². The highest BCUT2D eigenvalue weighted by atomic mass is 31.2. The van der Waals surface area contributed by atoms with Crippen molar-refractivity contribution >= 4 is 55.6 Å². The molecule has 0 spiro atoms. The highest BCUT2D eigenvalue weighted by Gasteiger charge is 2.29. The normalized spacial score (nSPS) is 11.8. The molecule has 51 heavy (non-hydrogen) atoms. The molecule has 0 radical (unpaired) electrons. The van der Waals surface area contributed by atoms with Crippen molar-refractivity contribution in [1.82, 2.24) is 9.55 Å². The molecule has 0 aliphatic carbocycles. The van der Waals surface area contributed by atoms with Crippen molar-refractivity contribution in [3.05, 3.63) is 188 Å². The second kappa shape index (κ2) is 12.7. The first kappa shape index (κ1) is 31.0. The Labute approximate surface area is 297 Å². The first-order chi connectivity index (χ1) is 25.1. The van der Waals surface area contributed by atoms with Gasteiger partial charge in [0.05, 0.1) is 11.0 Å². The zero-order valence-electron chi connectivity index (χ0n) is 28.3. The summed E-state index contributed by atoms with van der Waals surface area (Å²) in [4.78, 5) is 4.91. The number of aromatic nitrogens is 2. The zero-order chi connectivity index (χ0) is 34.4. The van der Waals surface area contributed by atoms with Crippen molar-refractivity contribution < 1.29 is 4.57 Å². The van der Waals surface area contributed by atoms with E-state index in [4.69, 9.17) is 4.98 Å². The molecule has 0 saturated carbocycles. The summed E-state index contributed by atoms with van der Waals surface area (Å²) < 4.78 is 17.4. The van der Waals surface area contributed by atoms with E-state index in [0.29, 0.717) is 0 Å². The second-order valence-corrected chi connectivity index (χ2v) is 15.7. The van der Waals surface area contributed by atoms with Gasteiger partial charge in [-0.05, 0) is 68.1 Å². The van der Waals surface area contributed by atoms with Crippen LogP contribution in [-0.4, -0.2) is 9.55 Å². The van der Waals surface area contributed by atoms with Gasteiger partial charge in [-0.2, -0.15) is 0 Å². The minimum absolute atomic E-state index is 0.825. The molecule has 8 aromatic carbocycles. The minimum Gasteiger partial charge on any atom is -0.309 e. The van der Waals surface area contributed by atoms with E-state index in [1.807, 2.05) is 66.7 Å². The molecule has 0 unspecified atom stereocenters. The third kappa shape index (κ3) is 5.12. The summed E-state index contributed by atoms with van der Waals surface area (Å²) in [6.07, 6.45) is 0.851. The van der Waals surface area contributed by atoms with Crippen LogP contribution in [0.3, 0.4) is 0 Å². The van der Waals surface area contributed by atoms with Crippen molar-refractivity contribution in [2.24, 2.45) is 0 Å². The van der Waals surface area contributed by atoms with E-state index in [1.165, 1.54) is 38.2 Å². The van der Waals surface area contributed by atoms with Gasteiger partial charge in [0.15, 0.2) is 7.14 Å². The Hall–Kier alpha value is -6.02. The van der Waals surface area contributed by atoms with E-state index in [9.17, 15) is 0 Å². The maximum Gasteiger partial charge on any atom is 0.171 e. The standard InChI is InChI=1S/C47H35N2OP/c1-2-45-48-43-23-13-14-24-44(43)49(45)35-29-25-33(26-30-35)46-39-19-9-11-21-41(39)47(42-22-12-10-20-40(42)46)34-27-31-38(32-28-34)51(50,36-15-5-3-6-16-36)37-17-7-4-8-18-37/h3-32H,2H2,1H3. The van der Waals surface area contributed by atoms with Crippen molar-refractivity contribution in [1.29, 1.82) is 0 Å². The van der Waals surface area contributed by atoms with E-state index in [-0.39, 0.29) is 0 Å². The molecule has 9 rings (SSSR count). The van der Waals surface area contributed by atoms with E-state index < -0.39 is 7.14 Å². The quantitative estimate of drug-likeness (QED) is 0.125. The number of aryl methyl sites for hydroxylation is 1. The Morgan fingerprint density at radius 2 is 0.882 bits per heavy atom. The summed E-state index contributed by atoms with van der Waals surface area (Å²) in [5.74, 6) is 1.05. The van der Waals surface area contributed by atoms with E-state index in [1.54, 1.807) is 0 Å². The highest BCUT2D eigenvalue weighted by Crippen LogP contribution is 2.46. The fourth-order valence-corrected chi connectivity index (χ4v) is 10.3. The second-order valence-electron chi connectivity index (χ2n) is 12.9. The van der Waals surface area contributed by atoms with Gasteiger partial charge in [0.1, 0.15) is 5.82 Å². The van der Waals surface area contributed by atoms with Crippen LogP contribution in [0.1, 0.15) is 12.7 Å². The van der Waals surface area contributed by atoms with Crippen molar-refractivity contribution in [2.75, 3.05) is 0 Å². The van der Waals surface area contributed by atoms with Crippen molar-refractivity contribution in [3.8, 4) is 27.9 Å². The Balaban J connectivity index is 1.19. The number of imidazole rings is 1. The van der Waals surface area contributed by atoms with E-state index in [0.717, 1.165) is 50.4 Å². The number of hydrogen-bond acceptors (Lipinski definition) is 2. The van der Waals surface area contributed by atoms with Gasteiger partial charge in [-0.3, -0.25) is 4.57 Å². The molecule has 0 aliphatic rings. The first-order valence-electron chi connectivity index (χ1n) is 17.5. The van der Waals surface area contributed by atoms with Crippen LogP contribution in [0.5, 0.6) is 0 Å². The van der Waals surface area contributed by atoms with Gasteiger partial charge in [-0.25, -0.2) is 4.98 Å². The molecule has 244 valence electrons. The van der Waals surface area contributed by atoms with Gasteiger partial charge >= 0.3 is 0 Å². The average molecular weight is 675 g/mol. The predicted octanol–water partition coefficient (Wildman–Crippen LogP) is 10.9. The van der Waals surface area contributed by atoms with Crippen LogP contribution in [0.2, 0.25) is 0 Å². The van der Waals surface area contributed by atoms with Gasteiger partial charge < -0.3 is 4.57 Å². The van der Waals surface area contributed by atoms with Crippen LogP contribution in [-0.2, 0) is 11.0 Å². The SMILES string of the molecule is CCc1nc2ccccc2n1-c1ccc(-c2c3ccccc3c(-c3ccc(P(=O)(c4ccccc4)c4ccccc4)cc3)c3ccccc23)cc1. The van der Waals surface area contributed by atoms with E-state index >= 15 is 4.57 Å². The molecule has 0 aliphatic heterocycles. The lowest BCUT2D eigenvalue weighted by atomic mass is 9.86. The molecule has 1 aromatic heterocycles. The lowest BCUT2D eigenvalue weighted by Crippen LogP contribution is -2.24. The van der Waals surface area contributed by atoms with Crippen LogP contribution < -0.4 is 15.9 Å². The monoisotopic (exact) mass is 674 g/mol. The summed E-state index contributed by atoms with van der Waals surface area (Å²) in [6.45, 7) is 2.16. The minimum atomic E-state index is -3.08. The van der Waals surface area contributed by atoms with Crippen LogP contribution in [0.4, 0.5) is 0 Å². The van der Waals surface area contributed by atoms with Gasteiger partial charge in [-0.1, -0.05) is 165 Å². The molecular formula is C47H35N2OP. The van der Waals surface area contributed by atoms with Crippen LogP contribution in [0, 0.1) is 0 Å². The molecule has 3 nitrogen and oxygen atoms in total. The average Bonchev–Trinajstić information content (AvgIpc) is 3.59. The van der Waals surface area contributed by atoms with Gasteiger partial charge in [-0.15, -0.1) is 0 Å². The van der Waals surface area contributed by atoms with Gasteiger partial charge in [0.25, 0.3) is 0 Å². The zero-order valence-corrected chi connectivity index (χ0v) is 29.2. The van der Waals surface area contributed by atoms with E-state index in [2.05, 4.69) is 127 Å². The maximum absolute atomic E-state index is 15.1. The summed E-state index contributed by atoms with van der Waals surface area (Å²) in [6, 6.07) is 62.9. The molecule has 0 bridgehead atoms. The van der Waals surface area contributed by atoms with Crippen LogP contribution in [0.15, 0.2) is 182 Å². The lowest BCUT2D eigenvalue weighted by Gasteiger charge is -2.21. The summed E-state index contributed by atoms with van der Waals surface area (Å²) in [7, 11) is -3.08. The Morgan fingerprint density at radius 1 is 0.471 bits per heavy atom. The van der Waals surface area contributed by atoms with Crippen LogP contribution >= 0.6 is 7.14 Å². The Bertz CT molecular complexity index is 2630. The fourth-order valence-electron chi connectivity index (χ4n) is 7.69. The number of para-hydroxylation sites is 2. The van der Waals surface area contributed by atoms with Crippen LogP contribution in [0.25, 0.3) is 60.5 Å². The predicted molar refractivity (Wildman–Crippen MR) is 216 cm³/mol. The molecule has 0 fully saturated rings. The van der Waals surface area contributed by atoms with Crippen molar-refractivity contribution in [3.63, 3.8) is 0 Å². The molecule has 0 atom stereocenters. The van der Waals surface area contributed by atoms with Gasteiger partial charge in [0.2, 0.25) is 0 Å². The maximum atomic E-state index is 15.1. The number of rotatable bonds is 7. The summed E-state index contributed by atoms with van der Waals surface area (Å²) in [5, 5.41) is 7.27. The summed E-state index contributed by atoms with van der Waals surface area (Å²) in [5.41, 5.74) is 7.91. The number of benzene rings is 8. The fraction of sp³-hybridized carbons (Fsp3) is 0.0426. The Kier molecular flexibility index (Phi) is 7.72. The molecular weight excluding hydrogens is 640 g/mol. The third-order valence-electron chi connectivity index (χ3n) is 10.1. The molecule has 9 aromatic rings. The smallest absolute Gasteiger partial charge is 0.171 e. The third-order valence-corrected chi connectivity index (χ3v) is 13.1. The topological polar surface area (TPSA) is 34.9 Å². The first-order valence-corrected chi connectivity index (χ1v) is 19.2.